The lowest BCUT2D eigenvalue weighted by molar-refractivity contribution is 0.0688. The highest BCUT2D eigenvalue weighted by Gasteiger charge is 2.22. The Morgan fingerprint density at radius 1 is 1.15 bits per heavy atom. The Hall–Kier alpha value is -3.57. The van der Waals surface area contributed by atoms with Crippen molar-refractivity contribution < 1.29 is 24.9 Å². The van der Waals surface area contributed by atoms with Crippen molar-refractivity contribution in [1.29, 1.82) is 0 Å². The molecule has 1 unspecified atom stereocenters. The van der Waals surface area contributed by atoms with Crippen molar-refractivity contribution in [2.24, 2.45) is 5.92 Å². The van der Waals surface area contributed by atoms with Gasteiger partial charge in [-0.3, -0.25) is 5.32 Å². The number of hydrogen-bond donors (Lipinski definition) is 4. The first kappa shape index (κ1) is 22.6. The summed E-state index contributed by atoms with van der Waals surface area (Å²) in [7, 11) is 0. The average Bonchev–Trinajstić information content (AvgIpc) is 3.19. The van der Waals surface area contributed by atoms with Crippen molar-refractivity contribution in [2.75, 3.05) is 29.9 Å². The molecule has 1 aliphatic rings. The van der Waals surface area contributed by atoms with Crippen LogP contribution >= 0.6 is 11.3 Å². The summed E-state index contributed by atoms with van der Waals surface area (Å²) in [5.41, 5.74) is 1.87. The summed E-state index contributed by atoms with van der Waals surface area (Å²) < 4.78 is 0. The van der Waals surface area contributed by atoms with Crippen LogP contribution in [-0.2, 0) is 0 Å². The Kier molecular flexibility index (Phi) is 6.52. The Balaban J connectivity index is 1.72. The molecule has 10 nitrogen and oxygen atoms in total. The maximum absolute atomic E-state index is 11.4. The van der Waals surface area contributed by atoms with E-state index < -0.39 is 11.9 Å². The number of hydrogen-bond acceptors (Lipinski definition) is 9. The molecule has 172 valence electrons. The average molecular weight is 470 g/mol. The van der Waals surface area contributed by atoms with E-state index in [1.165, 1.54) is 12.1 Å². The third kappa shape index (κ3) is 5.10. The van der Waals surface area contributed by atoms with Gasteiger partial charge in [-0.1, -0.05) is 23.5 Å². The lowest BCUT2D eigenvalue weighted by Crippen LogP contribution is -2.37. The number of piperidine rings is 1. The fraction of sp³-hybridized carbons (Fsp3) is 0.318. The molecule has 1 fully saturated rings. The lowest BCUT2D eigenvalue weighted by atomic mass is 9.99. The molecule has 0 bridgehead atoms. The molecule has 1 saturated heterocycles. The largest absolute Gasteiger partial charge is 0.478 e. The lowest BCUT2D eigenvalue weighted by Gasteiger charge is -2.33. The molecule has 33 heavy (non-hydrogen) atoms. The van der Waals surface area contributed by atoms with Gasteiger partial charge in [0.05, 0.1) is 17.0 Å². The first-order chi connectivity index (χ1) is 15.8. The molecule has 0 saturated carbocycles. The highest BCUT2D eigenvalue weighted by molar-refractivity contribution is 7.17. The second-order valence-electron chi connectivity index (χ2n) is 7.82. The molecule has 0 spiro atoms. The van der Waals surface area contributed by atoms with Crippen LogP contribution in [0, 0.1) is 12.8 Å². The number of aliphatic hydroxyl groups is 1. The van der Waals surface area contributed by atoms with Gasteiger partial charge in [-0.05, 0) is 37.8 Å². The second kappa shape index (κ2) is 9.51. The molecule has 0 aliphatic carbocycles. The van der Waals surface area contributed by atoms with E-state index in [2.05, 4.69) is 25.2 Å². The molecule has 0 amide bonds. The van der Waals surface area contributed by atoms with Crippen LogP contribution < -0.4 is 10.2 Å². The third-order valence-electron chi connectivity index (χ3n) is 5.45. The van der Waals surface area contributed by atoms with Crippen molar-refractivity contribution in [1.82, 2.24) is 15.0 Å². The number of benzene rings is 1. The van der Waals surface area contributed by atoms with E-state index in [0.29, 0.717) is 34.4 Å². The van der Waals surface area contributed by atoms with Crippen LogP contribution in [0.25, 0.3) is 11.3 Å². The summed E-state index contributed by atoms with van der Waals surface area (Å²) in [6.45, 7) is 3.17. The van der Waals surface area contributed by atoms with Gasteiger partial charge in [0.15, 0.2) is 5.13 Å². The van der Waals surface area contributed by atoms with Gasteiger partial charge in [0.25, 0.3) is 0 Å². The number of nitrogens with one attached hydrogen (secondary N) is 1. The van der Waals surface area contributed by atoms with Crippen molar-refractivity contribution in [3.8, 4) is 11.3 Å². The van der Waals surface area contributed by atoms with E-state index in [9.17, 15) is 24.9 Å². The number of carboxylic acid groups (broad SMARTS) is 2. The zero-order valence-electron chi connectivity index (χ0n) is 17.9. The molecule has 1 atom stereocenters. The van der Waals surface area contributed by atoms with Gasteiger partial charge >= 0.3 is 11.9 Å². The molecule has 0 radical (unpaired) electrons. The Labute approximate surface area is 193 Å². The van der Waals surface area contributed by atoms with Gasteiger partial charge in [0, 0.05) is 31.3 Å². The number of carboxylic acids is 2. The fourth-order valence-electron chi connectivity index (χ4n) is 3.75. The monoisotopic (exact) mass is 469 g/mol. The molecule has 3 heterocycles. The zero-order valence-corrected chi connectivity index (χ0v) is 18.7. The Morgan fingerprint density at radius 2 is 1.91 bits per heavy atom. The topological polar surface area (TPSA) is 149 Å². The van der Waals surface area contributed by atoms with E-state index in [1.54, 1.807) is 19.1 Å². The molecule has 1 aliphatic heterocycles. The predicted octanol–water partition coefficient (Wildman–Crippen LogP) is 3.26. The van der Waals surface area contributed by atoms with Gasteiger partial charge in [-0.2, -0.15) is 4.98 Å². The van der Waals surface area contributed by atoms with Gasteiger partial charge in [0.1, 0.15) is 10.7 Å². The highest BCUT2D eigenvalue weighted by Crippen LogP contribution is 2.30. The molecule has 11 heteroatoms. The van der Waals surface area contributed by atoms with Crippen LogP contribution in [0.1, 0.15) is 38.6 Å². The highest BCUT2D eigenvalue weighted by atomic mass is 32.1. The van der Waals surface area contributed by atoms with Crippen molar-refractivity contribution in [2.45, 2.75) is 19.8 Å². The first-order valence-electron chi connectivity index (χ1n) is 10.4. The standard InChI is InChI=1S/C22H23N5O5S/c1-12-18(20(31)32)33-22(23-12)26-21-24-16(14-4-6-15(7-5-14)19(29)30)9-17(25-21)27-8-2-3-13(10-27)11-28/h4-7,9,13,28H,2-3,8,10-11H2,1H3,(H,29,30)(H,31,32)(H,23,24,25,26). The molecule has 1 aromatic carbocycles. The van der Waals surface area contributed by atoms with Crippen LogP contribution in [0.15, 0.2) is 30.3 Å². The SMILES string of the molecule is Cc1nc(Nc2nc(-c3ccc(C(=O)O)cc3)cc(N3CCCC(CO)C3)n2)sc1C(=O)O. The van der Waals surface area contributed by atoms with E-state index in [4.69, 9.17) is 0 Å². The number of aromatic carboxylic acids is 2. The van der Waals surface area contributed by atoms with E-state index in [-0.39, 0.29) is 28.9 Å². The van der Waals surface area contributed by atoms with Crippen molar-refractivity contribution in [3.63, 3.8) is 0 Å². The van der Waals surface area contributed by atoms with Gasteiger partial charge in [0.2, 0.25) is 5.95 Å². The number of aromatic nitrogens is 3. The smallest absolute Gasteiger partial charge is 0.347 e. The van der Waals surface area contributed by atoms with Crippen LogP contribution in [-0.4, -0.2) is 61.9 Å². The van der Waals surface area contributed by atoms with Crippen LogP contribution in [0.5, 0.6) is 0 Å². The number of anilines is 3. The van der Waals surface area contributed by atoms with Crippen LogP contribution in [0.3, 0.4) is 0 Å². The van der Waals surface area contributed by atoms with E-state index in [0.717, 1.165) is 30.7 Å². The van der Waals surface area contributed by atoms with Gasteiger partial charge in [-0.25, -0.2) is 19.6 Å². The molecule has 4 rings (SSSR count). The normalized spacial score (nSPS) is 15.9. The molecule has 3 aromatic rings. The number of aliphatic hydroxyl groups excluding tert-OH is 1. The summed E-state index contributed by atoms with van der Waals surface area (Å²) in [5.74, 6) is -0.987. The molecular formula is C22H23N5O5S. The van der Waals surface area contributed by atoms with Crippen molar-refractivity contribution >= 4 is 40.2 Å². The minimum absolute atomic E-state index is 0.104. The number of nitrogens with zero attached hydrogens (tertiary/aromatic N) is 4. The quantitative estimate of drug-likeness (QED) is 0.406. The zero-order chi connectivity index (χ0) is 23.5. The van der Waals surface area contributed by atoms with Crippen molar-refractivity contribution in [3.05, 3.63) is 46.5 Å². The molecular weight excluding hydrogens is 446 g/mol. The minimum Gasteiger partial charge on any atom is -0.478 e. The van der Waals surface area contributed by atoms with Crippen LogP contribution in [0.2, 0.25) is 0 Å². The maximum atomic E-state index is 11.4. The third-order valence-corrected chi connectivity index (χ3v) is 6.51. The second-order valence-corrected chi connectivity index (χ2v) is 8.82. The molecule has 4 N–H and O–H groups in total. The van der Waals surface area contributed by atoms with Gasteiger partial charge in [-0.15, -0.1) is 0 Å². The Morgan fingerprint density at radius 3 is 2.55 bits per heavy atom. The summed E-state index contributed by atoms with van der Waals surface area (Å²) in [4.78, 5) is 38.2. The fourth-order valence-corrected chi connectivity index (χ4v) is 4.55. The van der Waals surface area contributed by atoms with E-state index in [1.807, 2.05) is 6.07 Å². The Bertz CT molecular complexity index is 1180. The van der Waals surface area contributed by atoms with Crippen LogP contribution in [0.4, 0.5) is 16.9 Å². The maximum Gasteiger partial charge on any atom is 0.347 e. The predicted molar refractivity (Wildman–Crippen MR) is 124 cm³/mol. The van der Waals surface area contributed by atoms with Gasteiger partial charge < -0.3 is 20.2 Å². The number of carbonyl (C=O) groups is 2. The summed E-state index contributed by atoms with van der Waals surface area (Å²) in [6.07, 6.45) is 1.87. The van der Waals surface area contributed by atoms with E-state index >= 15 is 0 Å². The summed E-state index contributed by atoms with van der Waals surface area (Å²) in [5, 5.41) is 31.5. The number of aryl methyl sites for hydroxylation is 1. The number of thiazole rings is 1. The number of rotatable bonds is 7. The minimum atomic E-state index is -1.05. The summed E-state index contributed by atoms with van der Waals surface area (Å²) >= 11 is 1.00. The summed E-state index contributed by atoms with van der Waals surface area (Å²) in [6, 6.07) is 8.22. The first-order valence-corrected chi connectivity index (χ1v) is 11.2. The molecule has 2 aromatic heterocycles.